The van der Waals surface area contributed by atoms with E-state index >= 15 is 0 Å². The van der Waals surface area contributed by atoms with Gasteiger partial charge < -0.3 is 4.74 Å². The summed E-state index contributed by atoms with van der Waals surface area (Å²) in [6, 6.07) is 19.6. The average molecular weight is 497 g/mol. The van der Waals surface area contributed by atoms with Crippen LogP contribution < -0.4 is 9.96 Å². The zero-order valence-corrected chi connectivity index (χ0v) is 19.4. The van der Waals surface area contributed by atoms with Crippen molar-refractivity contribution >= 4 is 52.4 Å². The first-order valence-corrected chi connectivity index (χ1v) is 11.2. The number of rotatable bonds is 4. The van der Waals surface area contributed by atoms with Gasteiger partial charge in [0.05, 0.1) is 30.1 Å². The Bertz CT molecular complexity index is 1280. The minimum absolute atomic E-state index is 0.308. The summed E-state index contributed by atoms with van der Waals surface area (Å²) in [6.07, 6.45) is -1.04. The lowest BCUT2D eigenvalue weighted by molar-refractivity contribution is -0.126. The predicted molar refractivity (Wildman–Crippen MR) is 127 cm³/mol. The Labute approximate surface area is 205 Å². The Morgan fingerprint density at radius 3 is 2.26 bits per heavy atom. The van der Waals surface area contributed by atoms with Crippen LogP contribution in [0.3, 0.4) is 0 Å². The summed E-state index contributed by atoms with van der Waals surface area (Å²) in [5.41, 5.74) is 1.95. The maximum atomic E-state index is 13.6. The topological polar surface area (TPSA) is 76.2 Å². The molecule has 0 aliphatic carbocycles. The van der Waals surface area contributed by atoms with Crippen molar-refractivity contribution in [3.63, 3.8) is 0 Å². The summed E-state index contributed by atoms with van der Waals surface area (Å²) in [5, 5.41) is 2.39. The molecule has 2 saturated heterocycles. The van der Waals surface area contributed by atoms with Gasteiger partial charge in [-0.3, -0.25) is 14.4 Å². The zero-order chi connectivity index (χ0) is 24.0. The molecule has 0 aromatic heterocycles. The van der Waals surface area contributed by atoms with Crippen LogP contribution in [0.4, 0.5) is 11.4 Å². The third kappa shape index (κ3) is 3.62. The summed E-state index contributed by atoms with van der Waals surface area (Å²) < 4.78 is 4.71. The molecule has 3 aromatic rings. The summed E-state index contributed by atoms with van der Waals surface area (Å²) in [6.45, 7) is 0. The molecular formula is C25H18Cl2N2O5. The molecule has 3 atom stereocenters. The van der Waals surface area contributed by atoms with E-state index in [1.807, 2.05) is 30.3 Å². The molecule has 2 fully saturated rings. The number of halogens is 2. The molecule has 0 radical (unpaired) electrons. The smallest absolute Gasteiger partial charge is 0.337 e. The van der Waals surface area contributed by atoms with Crippen LogP contribution in [0.25, 0.3) is 0 Å². The normalized spacial score (nSPS) is 21.7. The third-order valence-electron chi connectivity index (χ3n) is 5.95. The van der Waals surface area contributed by atoms with E-state index in [-0.39, 0.29) is 0 Å². The maximum absolute atomic E-state index is 13.6. The quantitative estimate of drug-likeness (QED) is 0.380. The van der Waals surface area contributed by atoms with Crippen molar-refractivity contribution in [2.24, 2.45) is 5.92 Å². The van der Waals surface area contributed by atoms with Gasteiger partial charge in [-0.2, -0.15) is 0 Å². The molecule has 5 rings (SSSR count). The number of ether oxygens (including phenoxy) is 1. The van der Waals surface area contributed by atoms with Gasteiger partial charge >= 0.3 is 5.97 Å². The molecule has 0 N–H and O–H groups in total. The minimum Gasteiger partial charge on any atom is -0.465 e. The maximum Gasteiger partial charge on any atom is 0.337 e. The number of methoxy groups -OCH3 is 1. The monoisotopic (exact) mass is 496 g/mol. The average Bonchev–Trinajstić information content (AvgIpc) is 3.35. The van der Waals surface area contributed by atoms with E-state index < -0.39 is 35.8 Å². The van der Waals surface area contributed by atoms with E-state index in [0.29, 0.717) is 32.5 Å². The second-order valence-electron chi connectivity index (χ2n) is 7.87. The van der Waals surface area contributed by atoms with E-state index in [1.54, 1.807) is 23.3 Å². The third-order valence-corrected chi connectivity index (χ3v) is 6.52. The van der Waals surface area contributed by atoms with Crippen molar-refractivity contribution in [1.82, 2.24) is 0 Å². The van der Waals surface area contributed by atoms with Crippen molar-refractivity contribution in [3.05, 3.63) is 94.0 Å². The number of para-hydroxylation sites is 1. The molecule has 2 heterocycles. The van der Waals surface area contributed by atoms with Gasteiger partial charge in [0, 0.05) is 10.0 Å². The SMILES string of the molecule is COC(=O)c1ccc(N2C(=O)C3ON(c4ccccc4)C(c4ccc(Cl)cc4Cl)C3C2=O)cc1. The Morgan fingerprint density at radius 1 is 0.912 bits per heavy atom. The highest BCUT2D eigenvalue weighted by molar-refractivity contribution is 6.35. The van der Waals surface area contributed by atoms with Crippen LogP contribution in [-0.2, 0) is 19.2 Å². The number of benzene rings is 3. The molecule has 2 aliphatic rings. The lowest BCUT2D eigenvalue weighted by Crippen LogP contribution is -2.37. The van der Waals surface area contributed by atoms with Crippen LogP contribution in [0, 0.1) is 5.92 Å². The molecule has 2 amide bonds. The predicted octanol–water partition coefficient (Wildman–Crippen LogP) is 4.83. The molecule has 0 bridgehead atoms. The number of esters is 1. The minimum atomic E-state index is -1.04. The molecular weight excluding hydrogens is 479 g/mol. The van der Waals surface area contributed by atoms with Crippen LogP contribution >= 0.6 is 23.2 Å². The summed E-state index contributed by atoms with van der Waals surface area (Å²) in [5.74, 6) is -2.27. The van der Waals surface area contributed by atoms with Crippen LogP contribution in [-0.4, -0.2) is 31.0 Å². The van der Waals surface area contributed by atoms with Crippen LogP contribution in [0.1, 0.15) is 22.0 Å². The second-order valence-corrected chi connectivity index (χ2v) is 8.72. The number of hydrogen-bond donors (Lipinski definition) is 0. The summed E-state index contributed by atoms with van der Waals surface area (Å²) in [4.78, 5) is 46.0. The highest BCUT2D eigenvalue weighted by atomic mass is 35.5. The lowest BCUT2D eigenvalue weighted by atomic mass is 9.90. The molecule has 0 spiro atoms. The lowest BCUT2D eigenvalue weighted by Gasteiger charge is -2.29. The first-order chi connectivity index (χ1) is 16.4. The molecule has 9 heteroatoms. The van der Waals surface area contributed by atoms with E-state index in [4.69, 9.17) is 32.8 Å². The van der Waals surface area contributed by atoms with Crippen LogP contribution in [0.5, 0.6) is 0 Å². The summed E-state index contributed by atoms with van der Waals surface area (Å²) in [7, 11) is 1.28. The zero-order valence-electron chi connectivity index (χ0n) is 17.9. The fraction of sp³-hybridized carbons (Fsp3) is 0.160. The number of carbonyl (C=O) groups is 3. The molecule has 172 valence electrons. The molecule has 0 saturated carbocycles. The number of imide groups is 1. The molecule has 2 aliphatic heterocycles. The number of fused-ring (bicyclic) bond motifs is 1. The van der Waals surface area contributed by atoms with Crippen LogP contribution in [0.15, 0.2) is 72.8 Å². The van der Waals surface area contributed by atoms with Gasteiger partial charge in [0.15, 0.2) is 6.10 Å². The molecule has 34 heavy (non-hydrogen) atoms. The summed E-state index contributed by atoms with van der Waals surface area (Å²) >= 11 is 12.6. The van der Waals surface area contributed by atoms with Gasteiger partial charge in [0.1, 0.15) is 5.92 Å². The van der Waals surface area contributed by atoms with Gasteiger partial charge in [0.2, 0.25) is 5.91 Å². The molecule has 3 unspecified atom stereocenters. The fourth-order valence-corrected chi connectivity index (χ4v) is 4.91. The number of nitrogens with zero attached hydrogens (tertiary/aromatic N) is 2. The Hall–Kier alpha value is -3.39. The Kier molecular flexibility index (Phi) is 5.77. The van der Waals surface area contributed by atoms with E-state index in [1.165, 1.54) is 31.4 Å². The molecule has 3 aromatic carbocycles. The highest BCUT2D eigenvalue weighted by Gasteiger charge is 2.60. The van der Waals surface area contributed by atoms with Crippen molar-refractivity contribution in [1.29, 1.82) is 0 Å². The molecule has 7 nitrogen and oxygen atoms in total. The Balaban J connectivity index is 1.55. The van der Waals surface area contributed by atoms with Crippen LogP contribution in [0.2, 0.25) is 10.0 Å². The number of hydrogen-bond acceptors (Lipinski definition) is 6. The number of hydroxylamine groups is 1. The van der Waals surface area contributed by atoms with Crippen molar-refractivity contribution in [2.45, 2.75) is 12.1 Å². The largest absolute Gasteiger partial charge is 0.465 e. The van der Waals surface area contributed by atoms with Crippen molar-refractivity contribution in [3.8, 4) is 0 Å². The fourth-order valence-electron chi connectivity index (χ4n) is 4.39. The van der Waals surface area contributed by atoms with Gasteiger partial charge in [-0.15, -0.1) is 0 Å². The first kappa shape index (κ1) is 22.4. The highest BCUT2D eigenvalue weighted by Crippen LogP contribution is 2.49. The van der Waals surface area contributed by atoms with E-state index in [9.17, 15) is 14.4 Å². The Morgan fingerprint density at radius 2 is 1.62 bits per heavy atom. The van der Waals surface area contributed by atoms with Crippen molar-refractivity contribution < 1.29 is 24.0 Å². The van der Waals surface area contributed by atoms with E-state index in [2.05, 4.69) is 0 Å². The number of amides is 2. The van der Waals surface area contributed by atoms with E-state index in [0.717, 1.165) is 4.90 Å². The van der Waals surface area contributed by atoms with Gasteiger partial charge in [0.25, 0.3) is 5.91 Å². The van der Waals surface area contributed by atoms with Gasteiger partial charge in [-0.1, -0.05) is 47.5 Å². The number of anilines is 2. The standard InChI is InChI=1S/C25H18Cl2N2O5/c1-33-25(32)14-7-10-16(11-8-14)28-23(30)20-21(18-12-9-15(26)13-19(18)27)29(34-22(20)24(28)31)17-5-3-2-4-6-17/h2-13,20-22H,1H3. The first-order valence-electron chi connectivity index (χ1n) is 10.4. The number of carbonyl (C=O) groups excluding carboxylic acids is 3. The second kappa shape index (κ2) is 8.76. The van der Waals surface area contributed by atoms with Gasteiger partial charge in [-0.25, -0.2) is 14.8 Å². The van der Waals surface area contributed by atoms with Crippen molar-refractivity contribution in [2.75, 3.05) is 17.1 Å². The van der Waals surface area contributed by atoms with Gasteiger partial charge in [-0.05, 0) is 54.1 Å².